The van der Waals surface area contributed by atoms with E-state index >= 15 is 0 Å². The van der Waals surface area contributed by atoms with Crippen LogP contribution in [0.25, 0.3) is 0 Å². The number of aromatic nitrogens is 2. The number of hydrogen-bond donors (Lipinski definition) is 2. The molecule has 18 heavy (non-hydrogen) atoms. The van der Waals surface area contributed by atoms with Gasteiger partial charge in [0.15, 0.2) is 0 Å². The average Bonchev–Trinajstić information content (AvgIpc) is 2.86. The molecular weight excluding hydrogens is 222 g/mol. The molecule has 3 nitrogen and oxygen atoms in total. The van der Waals surface area contributed by atoms with E-state index in [4.69, 9.17) is 0 Å². The lowest BCUT2D eigenvalue weighted by Crippen LogP contribution is -2.32. The van der Waals surface area contributed by atoms with E-state index in [1.807, 2.05) is 6.20 Å². The standard InChI is InChI=1S/C15H19N3/c1-2-5-12(6-3-1)15(13-7-4-8-13)18-11-14-16-9-10-17-14/h1-3,5-6,9-10,13,15,18H,4,7-8,11H2,(H,16,17). The molecule has 3 rings (SSSR count). The van der Waals surface area contributed by atoms with E-state index in [1.54, 1.807) is 6.20 Å². The smallest absolute Gasteiger partial charge is 0.120 e. The van der Waals surface area contributed by atoms with Gasteiger partial charge in [-0.15, -0.1) is 0 Å². The predicted octanol–water partition coefficient (Wildman–Crippen LogP) is 3.04. The fourth-order valence-corrected chi connectivity index (χ4v) is 2.59. The van der Waals surface area contributed by atoms with E-state index in [0.717, 1.165) is 18.3 Å². The molecule has 1 aliphatic rings. The van der Waals surface area contributed by atoms with Gasteiger partial charge in [-0.2, -0.15) is 0 Å². The Hall–Kier alpha value is -1.61. The summed E-state index contributed by atoms with van der Waals surface area (Å²) in [7, 11) is 0. The molecule has 0 radical (unpaired) electrons. The molecule has 1 fully saturated rings. The van der Waals surface area contributed by atoms with Crippen LogP contribution >= 0.6 is 0 Å². The number of imidazole rings is 1. The van der Waals surface area contributed by atoms with Crippen molar-refractivity contribution in [2.45, 2.75) is 31.8 Å². The van der Waals surface area contributed by atoms with Gasteiger partial charge < -0.3 is 10.3 Å². The first-order valence-electron chi connectivity index (χ1n) is 6.70. The molecule has 1 saturated carbocycles. The molecule has 1 unspecified atom stereocenters. The maximum Gasteiger partial charge on any atom is 0.120 e. The molecule has 1 atom stereocenters. The average molecular weight is 241 g/mol. The normalized spacial score (nSPS) is 17.3. The third-order valence-electron chi connectivity index (χ3n) is 3.82. The maximum absolute atomic E-state index is 4.27. The van der Waals surface area contributed by atoms with Gasteiger partial charge >= 0.3 is 0 Å². The van der Waals surface area contributed by atoms with E-state index in [0.29, 0.717) is 6.04 Å². The summed E-state index contributed by atoms with van der Waals surface area (Å²) in [5.41, 5.74) is 1.40. The molecular formula is C15H19N3. The zero-order valence-corrected chi connectivity index (χ0v) is 10.5. The monoisotopic (exact) mass is 241 g/mol. The minimum Gasteiger partial charge on any atom is -0.348 e. The third kappa shape index (κ3) is 2.46. The minimum absolute atomic E-state index is 0.463. The van der Waals surface area contributed by atoms with E-state index in [9.17, 15) is 0 Å². The molecule has 1 aromatic carbocycles. The van der Waals surface area contributed by atoms with Gasteiger partial charge in [0.2, 0.25) is 0 Å². The largest absolute Gasteiger partial charge is 0.348 e. The van der Waals surface area contributed by atoms with Gasteiger partial charge in [0.05, 0.1) is 6.54 Å². The van der Waals surface area contributed by atoms with Crippen molar-refractivity contribution in [3.05, 3.63) is 54.1 Å². The Kier molecular flexibility index (Phi) is 3.42. The highest BCUT2D eigenvalue weighted by Gasteiger charge is 2.28. The molecule has 2 aromatic rings. The fourth-order valence-electron chi connectivity index (χ4n) is 2.59. The Morgan fingerprint density at radius 1 is 1.28 bits per heavy atom. The topological polar surface area (TPSA) is 40.7 Å². The lowest BCUT2D eigenvalue weighted by Gasteiger charge is -2.34. The van der Waals surface area contributed by atoms with Crippen LogP contribution in [0.3, 0.4) is 0 Å². The van der Waals surface area contributed by atoms with E-state index in [1.165, 1.54) is 24.8 Å². The van der Waals surface area contributed by atoms with Gasteiger partial charge in [0.25, 0.3) is 0 Å². The number of H-pyrrole nitrogens is 1. The van der Waals surface area contributed by atoms with Crippen LogP contribution in [0.4, 0.5) is 0 Å². The summed E-state index contributed by atoms with van der Waals surface area (Å²) in [4.78, 5) is 7.41. The SMILES string of the molecule is c1ccc(C(NCc2ncc[nH]2)C2CCC2)cc1. The highest BCUT2D eigenvalue weighted by atomic mass is 15.0. The Morgan fingerprint density at radius 3 is 2.72 bits per heavy atom. The third-order valence-corrected chi connectivity index (χ3v) is 3.82. The van der Waals surface area contributed by atoms with Crippen LogP contribution in [-0.2, 0) is 6.54 Å². The van der Waals surface area contributed by atoms with Gasteiger partial charge in [-0.1, -0.05) is 36.8 Å². The van der Waals surface area contributed by atoms with Crippen molar-refractivity contribution < 1.29 is 0 Å². The van der Waals surface area contributed by atoms with Crippen LogP contribution in [-0.4, -0.2) is 9.97 Å². The first-order chi connectivity index (χ1) is 8.93. The molecule has 0 aliphatic heterocycles. The highest BCUT2D eigenvalue weighted by Crippen LogP contribution is 2.37. The van der Waals surface area contributed by atoms with Gasteiger partial charge in [-0.05, 0) is 24.3 Å². The summed E-state index contributed by atoms with van der Waals surface area (Å²) < 4.78 is 0. The second-order valence-corrected chi connectivity index (χ2v) is 5.00. The Morgan fingerprint density at radius 2 is 2.11 bits per heavy atom. The molecule has 1 aliphatic carbocycles. The van der Waals surface area contributed by atoms with Crippen LogP contribution < -0.4 is 5.32 Å². The molecule has 0 saturated heterocycles. The molecule has 0 amide bonds. The first kappa shape index (κ1) is 11.5. The molecule has 0 bridgehead atoms. The number of rotatable bonds is 5. The van der Waals surface area contributed by atoms with Crippen LogP contribution in [0.15, 0.2) is 42.7 Å². The Bertz CT molecular complexity index is 460. The summed E-state index contributed by atoms with van der Waals surface area (Å²) in [5.74, 6) is 1.79. The van der Waals surface area contributed by atoms with Gasteiger partial charge in [0.1, 0.15) is 5.82 Å². The van der Waals surface area contributed by atoms with E-state index in [2.05, 4.69) is 45.6 Å². The molecule has 3 heteroatoms. The summed E-state index contributed by atoms with van der Waals surface area (Å²) in [6, 6.07) is 11.2. The molecule has 0 spiro atoms. The minimum atomic E-state index is 0.463. The number of nitrogens with one attached hydrogen (secondary N) is 2. The Balaban J connectivity index is 1.70. The van der Waals surface area contributed by atoms with Crippen LogP contribution in [0, 0.1) is 5.92 Å². The van der Waals surface area contributed by atoms with Crippen molar-refractivity contribution in [3.63, 3.8) is 0 Å². The summed E-state index contributed by atoms with van der Waals surface area (Å²) in [5, 5.41) is 3.65. The first-order valence-corrected chi connectivity index (χ1v) is 6.70. The van der Waals surface area contributed by atoms with Gasteiger partial charge in [-0.3, -0.25) is 0 Å². The van der Waals surface area contributed by atoms with Crippen molar-refractivity contribution in [1.82, 2.24) is 15.3 Å². The van der Waals surface area contributed by atoms with E-state index in [-0.39, 0.29) is 0 Å². The van der Waals surface area contributed by atoms with Crippen molar-refractivity contribution in [3.8, 4) is 0 Å². The zero-order valence-electron chi connectivity index (χ0n) is 10.5. The van der Waals surface area contributed by atoms with Gasteiger partial charge in [-0.25, -0.2) is 4.98 Å². The van der Waals surface area contributed by atoms with Crippen molar-refractivity contribution in [2.75, 3.05) is 0 Å². The fraction of sp³-hybridized carbons (Fsp3) is 0.400. The molecule has 94 valence electrons. The lowest BCUT2D eigenvalue weighted by molar-refractivity contribution is 0.228. The molecule has 1 aromatic heterocycles. The van der Waals surface area contributed by atoms with Crippen molar-refractivity contribution in [1.29, 1.82) is 0 Å². The van der Waals surface area contributed by atoms with Crippen LogP contribution in [0.5, 0.6) is 0 Å². The zero-order chi connectivity index (χ0) is 12.2. The number of hydrogen-bond acceptors (Lipinski definition) is 2. The second-order valence-electron chi connectivity index (χ2n) is 5.00. The quantitative estimate of drug-likeness (QED) is 0.844. The molecule has 2 N–H and O–H groups in total. The van der Waals surface area contributed by atoms with Gasteiger partial charge in [0, 0.05) is 18.4 Å². The number of nitrogens with zero attached hydrogens (tertiary/aromatic N) is 1. The maximum atomic E-state index is 4.27. The van der Waals surface area contributed by atoms with Crippen molar-refractivity contribution in [2.24, 2.45) is 5.92 Å². The Labute approximate surface area is 108 Å². The second kappa shape index (κ2) is 5.36. The van der Waals surface area contributed by atoms with Crippen molar-refractivity contribution >= 4 is 0 Å². The summed E-state index contributed by atoms with van der Waals surface area (Å²) >= 11 is 0. The lowest BCUT2D eigenvalue weighted by atomic mass is 9.77. The van der Waals surface area contributed by atoms with Crippen LogP contribution in [0.1, 0.15) is 36.7 Å². The predicted molar refractivity (Wildman–Crippen MR) is 72.0 cm³/mol. The van der Waals surface area contributed by atoms with E-state index < -0.39 is 0 Å². The van der Waals surface area contributed by atoms with Crippen LogP contribution in [0.2, 0.25) is 0 Å². The number of benzene rings is 1. The molecule has 1 heterocycles. The summed E-state index contributed by atoms with van der Waals surface area (Å²) in [6.45, 7) is 0.809. The highest BCUT2D eigenvalue weighted by molar-refractivity contribution is 5.20. The summed E-state index contributed by atoms with van der Waals surface area (Å²) in [6.07, 6.45) is 7.72. The number of aromatic amines is 1.